The summed E-state index contributed by atoms with van der Waals surface area (Å²) in [5.41, 5.74) is -3.15. The van der Waals surface area contributed by atoms with E-state index in [0.29, 0.717) is 5.56 Å². The van der Waals surface area contributed by atoms with Crippen LogP contribution in [0.5, 0.6) is 0 Å². The molecule has 1 aromatic carbocycles. The van der Waals surface area contributed by atoms with Gasteiger partial charge in [0.05, 0.1) is 0 Å². The highest BCUT2D eigenvalue weighted by Crippen LogP contribution is 2.34. The van der Waals surface area contributed by atoms with Gasteiger partial charge >= 0.3 is 5.97 Å². The normalized spacial score (nSPS) is 22.4. The Morgan fingerprint density at radius 3 is 2.60 bits per heavy atom. The molecule has 1 atom stereocenters. The van der Waals surface area contributed by atoms with E-state index in [1.807, 2.05) is 0 Å². The number of halogens is 2. The maximum absolute atomic E-state index is 14.8. The van der Waals surface area contributed by atoms with Crippen LogP contribution in [0.3, 0.4) is 0 Å². The number of fused-ring (bicyclic) bond motifs is 1. The number of hydrogen-bond acceptors (Lipinski definition) is 3. The fourth-order valence-corrected chi connectivity index (χ4v) is 2.17. The van der Waals surface area contributed by atoms with E-state index in [9.17, 15) is 18.4 Å². The summed E-state index contributed by atoms with van der Waals surface area (Å²) in [7, 11) is 0. The number of benzene rings is 1. The first kappa shape index (κ1) is 14.6. The average molecular weight is 282 g/mol. The summed E-state index contributed by atoms with van der Waals surface area (Å²) in [6, 6.07) is 3.62. The second-order valence-electron chi connectivity index (χ2n) is 5.93. The van der Waals surface area contributed by atoms with E-state index in [1.54, 1.807) is 20.8 Å². The van der Waals surface area contributed by atoms with Gasteiger partial charge in [-0.25, -0.2) is 13.6 Å². The number of carbonyl (C=O) groups is 2. The maximum atomic E-state index is 14.8. The summed E-state index contributed by atoms with van der Waals surface area (Å²) in [5.74, 6) is -2.86. The third kappa shape index (κ3) is 2.57. The predicted octanol–water partition coefficient (Wildman–Crippen LogP) is 3.00. The van der Waals surface area contributed by atoms with Crippen LogP contribution in [0.1, 0.15) is 43.1 Å². The van der Waals surface area contributed by atoms with Crippen molar-refractivity contribution in [3.63, 3.8) is 0 Å². The quantitative estimate of drug-likeness (QED) is 0.587. The number of aryl methyl sites for hydroxylation is 1. The highest BCUT2D eigenvalue weighted by atomic mass is 19.1. The summed E-state index contributed by atoms with van der Waals surface area (Å²) in [5, 5.41) is 0. The summed E-state index contributed by atoms with van der Waals surface area (Å²) in [4.78, 5) is 24.1. The number of hydrogen-bond donors (Lipinski definition) is 0. The Kier molecular flexibility index (Phi) is 3.40. The molecule has 0 spiro atoms. The lowest BCUT2D eigenvalue weighted by atomic mass is 9.80. The van der Waals surface area contributed by atoms with E-state index in [0.717, 1.165) is 6.07 Å². The zero-order valence-electron chi connectivity index (χ0n) is 11.6. The molecule has 3 nitrogen and oxygen atoms in total. The summed E-state index contributed by atoms with van der Waals surface area (Å²) in [6.45, 7) is 4.78. The maximum Gasteiger partial charge on any atom is 0.352 e. The first-order chi connectivity index (χ1) is 9.13. The monoisotopic (exact) mass is 282 g/mol. The molecule has 1 aliphatic carbocycles. The molecule has 2 rings (SSSR count). The van der Waals surface area contributed by atoms with Crippen LogP contribution in [0.15, 0.2) is 18.2 Å². The van der Waals surface area contributed by atoms with Crippen molar-refractivity contribution in [2.45, 2.75) is 44.9 Å². The lowest BCUT2D eigenvalue weighted by Gasteiger charge is -2.30. The van der Waals surface area contributed by atoms with Crippen molar-refractivity contribution in [2.75, 3.05) is 0 Å². The summed E-state index contributed by atoms with van der Waals surface area (Å²) >= 11 is 0. The Balaban J connectivity index is 2.36. The predicted molar refractivity (Wildman–Crippen MR) is 68.7 cm³/mol. The van der Waals surface area contributed by atoms with Crippen LogP contribution in [-0.2, 0) is 16.0 Å². The third-order valence-electron chi connectivity index (χ3n) is 3.14. The van der Waals surface area contributed by atoms with Crippen LogP contribution in [-0.4, -0.2) is 23.0 Å². The van der Waals surface area contributed by atoms with Gasteiger partial charge in [-0.3, -0.25) is 4.79 Å². The van der Waals surface area contributed by atoms with Gasteiger partial charge in [-0.15, -0.1) is 0 Å². The van der Waals surface area contributed by atoms with E-state index in [4.69, 9.17) is 4.74 Å². The molecule has 0 saturated carbocycles. The Morgan fingerprint density at radius 2 is 2.00 bits per heavy atom. The number of carbonyl (C=O) groups excluding carboxylic acids is 2. The van der Waals surface area contributed by atoms with E-state index >= 15 is 0 Å². The minimum Gasteiger partial charge on any atom is -0.457 e. The Hall–Kier alpha value is -1.78. The van der Waals surface area contributed by atoms with E-state index in [1.165, 1.54) is 12.1 Å². The van der Waals surface area contributed by atoms with Crippen LogP contribution in [0.25, 0.3) is 0 Å². The number of Topliss-reactive ketones (excluding diaryl/α,β-unsaturated/α-hetero) is 1. The van der Waals surface area contributed by atoms with Crippen LogP contribution in [0.2, 0.25) is 0 Å². The zero-order chi connectivity index (χ0) is 15.1. The summed E-state index contributed by atoms with van der Waals surface area (Å²) < 4.78 is 32.9. The van der Waals surface area contributed by atoms with E-state index < -0.39 is 28.8 Å². The van der Waals surface area contributed by atoms with E-state index in [2.05, 4.69) is 0 Å². The molecular formula is C15H16F2O3. The molecule has 0 amide bonds. The molecule has 0 heterocycles. The van der Waals surface area contributed by atoms with Gasteiger partial charge in [0, 0.05) is 12.0 Å². The van der Waals surface area contributed by atoms with Gasteiger partial charge in [0.2, 0.25) is 5.78 Å². The number of alkyl halides is 1. The SMILES string of the molecule is CC(C)(C)OC(=O)C1(F)CCc2ccc(F)cc2C1=O. The smallest absolute Gasteiger partial charge is 0.352 e. The Bertz CT molecular complexity index is 575. The lowest BCUT2D eigenvalue weighted by Crippen LogP contribution is -2.49. The van der Waals surface area contributed by atoms with Crippen molar-refractivity contribution in [2.24, 2.45) is 0 Å². The largest absolute Gasteiger partial charge is 0.457 e. The molecule has 0 bridgehead atoms. The number of esters is 1. The van der Waals surface area contributed by atoms with Gasteiger partial charge in [-0.2, -0.15) is 0 Å². The van der Waals surface area contributed by atoms with Crippen LogP contribution >= 0.6 is 0 Å². The van der Waals surface area contributed by atoms with E-state index in [-0.39, 0.29) is 18.4 Å². The minimum absolute atomic E-state index is 0.0791. The highest BCUT2D eigenvalue weighted by molar-refractivity contribution is 6.16. The molecule has 1 unspecified atom stereocenters. The standard InChI is InChI=1S/C15H16F2O3/c1-14(2,3)20-13(19)15(17)7-6-9-4-5-10(16)8-11(9)12(15)18/h4-5,8H,6-7H2,1-3H3. The molecule has 108 valence electrons. The van der Waals surface area contributed by atoms with Crippen LogP contribution in [0.4, 0.5) is 8.78 Å². The van der Waals surface area contributed by atoms with Crippen molar-refractivity contribution >= 4 is 11.8 Å². The van der Waals surface area contributed by atoms with Gasteiger partial charge in [-0.1, -0.05) is 6.07 Å². The van der Waals surface area contributed by atoms with Gasteiger partial charge in [0.25, 0.3) is 5.67 Å². The molecule has 0 radical (unpaired) electrons. The van der Waals surface area contributed by atoms with Gasteiger partial charge < -0.3 is 4.74 Å². The van der Waals surface area contributed by atoms with Crippen molar-refractivity contribution in [1.29, 1.82) is 0 Å². The average Bonchev–Trinajstić information content (AvgIpc) is 2.32. The van der Waals surface area contributed by atoms with Crippen molar-refractivity contribution in [3.8, 4) is 0 Å². The van der Waals surface area contributed by atoms with Crippen molar-refractivity contribution in [3.05, 3.63) is 35.1 Å². The second-order valence-corrected chi connectivity index (χ2v) is 5.93. The number of ketones is 1. The van der Waals surface area contributed by atoms with Gasteiger partial charge in [-0.05, 0) is 44.9 Å². The molecule has 5 heteroatoms. The third-order valence-corrected chi connectivity index (χ3v) is 3.14. The molecule has 0 fully saturated rings. The van der Waals surface area contributed by atoms with Gasteiger partial charge in [0.15, 0.2) is 0 Å². The molecular weight excluding hydrogens is 266 g/mol. The van der Waals surface area contributed by atoms with Crippen LogP contribution in [0, 0.1) is 5.82 Å². The fourth-order valence-electron chi connectivity index (χ4n) is 2.17. The molecule has 1 aliphatic rings. The van der Waals surface area contributed by atoms with Crippen LogP contribution < -0.4 is 0 Å². The minimum atomic E-state index is -2.73. The molecule has 0 N–H and O–H groups in total. The second kappa shape index (κ2) is 4.65. The Labute approximate surface area is 115 Å². The topological polar surface area (TPSA) is 43.4 Å². The van der Waals surface area contributed by atoms with Crippen molar-refractivity contribution in [1.82, 2.24) is 0 Å². The summed E-state index contributed by atoms with van der Waals surface area (Å²) in [6.07, 6.45) is -0.0868. The first-order valence-electron chi connectivity index (χ1n) is 6.39. The van der Waals surface area contributed by atoms with Crippen molar-refractivity contribution < 1.29 is 23.1 Å². The van der Waals surface area contributed by atoms with Gasteiger partial charge in [0.1, 0.15) is 11.4 Å². The number of rotatable bonds is 1. The number of ether oxygens (including phenoxy) is 1. The lowest BCUT2D eigenvalue weighted by molar-refractivity contribution is -0.166. The molecule has 1 aromatic rings. The fraction of sp³-hybridized carbons (Fsp3) is 0.467. The zero-order valence-corrected chi connectivity index (χ0v) is 11.6. The first-order valence-corrected chi connectivity index (χ1v) is 6.39. The molecule has 0 saturated heterocycles. The Morgan fingerprint density at radius 1 is 1.35 bits per heavy atom. The molecule has 20 heavy (non-hydrogen) atoms. The molecule has 0 aliphatic heterocycles. The molecule has 0 aromatic heterocycles. The highest BCUT2D eigenvalue weighted by Gasteiger charge is 2.52.